The molecule has 0 saturated heterocycles. The standard InChI is InChI=1S/C18H17N3O5/c1-24-14-4-2-3-13(10-14)20-17(22)18(23)21-19-11-12-5-6-15-16(9-12)26-8-7-25-15/h2-6,9-11H,7-8H2,1H3,(H,20,22)(H,21,23)/b19-11-. The maximum Gasteiger partial charge on any atom is 0.329 e. The lowest BCUT2D eigenvalue weighted by Crippen LogP contribution is -2.32. The van der Waals surface area contributed by atoms with Crippen LogP contribution in [0.4, 0.5) is 5.69 Å². The maximum absolute atomic E-state index is 11.9. The number of benzene rings is 2. The van der Waals surface area contributed by atoms with Crippen LogP contribution in [-0.4, -0.2) is 38.4 Å². The average molecular weight is 355 g/mol. The number of rotatable bonds is 4. The highest BCUT2D eigenvalue weighted by atomic mass is 16.6. The van der Waals surface area contributed by atoms with E-state index in [1.165, 1.54) is 13.3 Å². The van der Waals surface area contributed by atoms with Gasteiger partial charge in [0.05, 0.1) is 13.3 Å². The van der Waals surface area contributed by atoms with Gasteiger partial charge in [0, 0.05) is 11.8 Å². The Hall–Kier alpha value is -3.55. The van der Waals surface area contributed by atoms with Crippen molar-refractivity contribution in [2.75, 3.05) is 25.6 Å². The van der Waals surface area contributed by atoms with Crippen LogP contribution in [-0.2, 0) is 9.59 Å². The molecule has 2 N–H and O–H groups in total. The van der Waals surface area contributed by atoms with Crippen LogP contribution in [0.2, 0.25) is 0 Å². The van der Waals surface area contributed by atoms with Gasteiger partial charge in [-0.2, -0.15) is 5.10 Å². The molecule has 1 heterocycles. The second-order valence-electron chi connectivity index (χ2n) is 5.29. The molecule has 8 heteroatoms. The highest BCUT2D eigenvalue weighted by Crippen LogP contribution is 2.30. The second-order valence-corrected chi connectivity index (χ2v) is 5.29. The van der Waals surface area contributed by atoms with Crippen molar-refractivity contribution in [2.24, 2.45) is 5.10 Å². The van der Waals surface area contributed by atoms with E-state index in [1.807, 2.05) is 0 Å². The third kappa shape index (κ3) is 4.29. The fraction of sp³-hybridized carbons (Fsp3) is 0.167. The Morgan fingerprint density at radius 3 is 2.69 bits per heavy atom. The van der Waals surface area contributed by atoms with E-state index in [9.17, 15) is 9.59 Å². The van der Waals surface area contributed by atoms with Crippen molar-refractivity contribution in [1.29, 1.82) is 0 Å². The minimum atomic E-state index is -0.887. The maximum atomic E-state index is 11.9. The summed E-state index contributed by atoms with van der Waals surface area (Å²) in [7, 11) is 1.51. The molecule has 0 bridgehead atoms. The van der Waals surface area contributed by atoms with Crippen molar-refractivity contribution < 1.29 is 23.8 Å². The highest BCUT2D eigenvalue weighted by molar-refractivity contribution is 6.39. The minimum absolute atomic E-state index is 0.445. The molecule has 1 aliphatic rings. The van der Waals surface area contributed by atoms with E-state index in [0.717, 1.165) is 0 Å². The zero-order chi connectivity index (χ0) is 18.4. The summed E-state index contributed by atoms with van der Waals surface area (Å²) in [6, 6.07) is 11.9. The summed E-state index contributed by atoms with van der Waals surface area (Å²) in [5, 5.41) is 6.25. The summed E-state index contributed by atoms with van der Waals surface area (Å²) in [6.45, 7) is 0.994. The Labute approximate surface area is 149 Å². The zero-order valence-corrected chi connectivity index (χ0v) is 14.0. The number of nitrogens with one attached hydrogen (secondary N) is 2. The first kappa shape index (κ1) is 17.3. The molecular weight excluding hydrogens is 338 g/mol. The number of methoxy groups -OCH3 is 1. The van der Waals surface area contributed by atoms with Crippen LogP contribution >= 0.6 is 0 Å². The summed E-state index contributed by atoms with van der Waals surface area (Å²) in [5.74, 6) is 0.122. The van der Waals surface area contributed by atoms with Crippen molar-refractivity contribution in [2.45, 2.75) is 0 Å². The molecule has 0 fully saturated rings. The fourth-order valence-electron chi connectivity index (χ4n) is 2.25. The normalized spacial score (nSPS) is 12.5. The summed E-state index contributed by atoms with van der Waals surface area (Å²) < 4.78 is 15.9. The Bertz CT molecular complexity index is 850. The van der Waals surface area contributed by atoms with E-state index in [-0.39, 0.29) is 0 Å². The van der Waals surface area contributed by atoms with Crippen LogP contribution in [0.1, 0.15) is 5.56 Å². The fourth-order valence-corrected chi connectivity index (χ4v) is 2.25. The number of anilines is 1. The van der Waals surface area contributed by atoms with Gasteiger partial charge in [0.25, 0.3) is 0 Å². The van der Waals surface area contributed by atoms with Crippen LogP contribution in [0.25, 0.3) is 0 Å². The van der Waals surface area contributed by atoms with E-state index < -0.39 is 11.8 Å². The van der Waals surface area contributed by atoms with E-state index in [2.05, 4.69) is 15.8 Å². The van der Waals surface area contributed by atoms with Gasteiger partial charge < -0.3 is 19.5 Å². The predicted octanol–water partition coefficient (Wildman–Crippen LogP) is 1.56. The molecule has 3 rings (SSSR count). The van der Waals surface area contributed by atoms with Gasteiger partial charge >= 0.3 is 11.8 Å². The molecule has 0 unspecified atom stereocenters. The molecule has 0 atom stereocenters. The Balaban J connectivity index is 1.55. The van der Waals surface area contributed by atoms with Gasteiger partial charge in [-0.1, -0.05) is 6.07 Å². The van der Waals surface area contributed by atoms with Crippen molar-refractivity contribution >= 4 is 23.7 Å². The molecule has 2 aromatic rings. The predicted molar refractivity (Wildman–Crippen MR) is 94.8 cm³/mol. The highest BCUT2D eigenvalue weighted by Gasteiger charge is 2.14. The van der Waals surface area contributed by atoms with E-state index >= 15 is 0 Å². The second kappa shape index (κ2) is 8.02. The minimum Gasteiger partial charge on any atom is -0.497 e. The van der Waals surface area contributed by atoms with Gasteiger partial charge in [-0.3, -0.25) is 9.59 Å². The lowest BCUT2D eigenvalue weighted by atomic mass is 10.2. The molecule has 0 aliphatic carbocycles. The van der Waals surface area contributed by atoms with Crippen LogP contribution in [0, 0.1) is 0 Å². The largest absolute Gasteiger partial charge is 0.497 e. The van der Waals surface area contributed by atoms with Crippen molar-refractivity contribution in [3.05, 3.63) is 48.0 Å². The Kier molecular flexibility index (Phi) is 5.33. The van der Waals surface area contributed by atoms with Crippen molar-refractivity contribution in [3.8, 4) is 17.2 Å². The van der Waals surface area contributed by atoms with Crippen molar-refractivity contribution in [1.82, 2.24) is 5.43 Å². The summed E-state index contributed by atoms with van der Waals surface area (Å²) >= 11 is 0. The van der Waals surface area contributed by atoms with Gasteiger partial charge in [-0.05, 0) is 35.9 Å². The molecule has 0 spiro atoms. The quantitative estimate of drug-likeness (QED) is 0.493. The van der Waals surface area contributed by atoms with Gasteiger partial charge in [0.2, 0.25) is 0 Å². The van der Waals surface area contributed by atoms with Gasteiger partial charge in [0.1, 0.15) is 19.0 Å². The van der Waals surface area contributed by atoms with Crippen LogP contribution < -0.4 is 25.0 Å². The lowest BCUT2D eigenvalue weighted by molar-refractivity contribution is -0.136. The molecular formula is C18H17N3O5. The molecule has 1 aliphatic heterocycles. The molecule has 2 aromatic carbocycles. The van der Waals surface area contributed by atoms with E-state index in [4.69, 9.17) is 14.2 Å². The molecule has 0 saturated carbocycles. The third-order valence-electron chi connectivity index (χ3n) is 3.48. The molecule has 2 amide bonds. The van der Waals surface area contributed by atoms with E-state index in [1.54, 1.807) is 42.5 Å². The first-order valence-electron chi connectivity index (χ1n) is 7.84. The van der Waals surface area contributed by atoms with Crippen molar-refractivity contribution in [3.63, 3.8) is 0 Å². The molecule has 134 valence electrons. The van der Waals surface area contributed by atoms with Gasteiger partial charge in [-0.25, -0.2) is 5.43 Å². The first-order valence-corrected chi connectivity index (χ1v) is 7.84. The number of hydrogen-bond donors (Lipinski definition) is 2. The SMILES string of the molecule is COc1cccc(NC(=O)C(=O)N/N=C\c2ccc3c(c2)OCCO3)c1. The number of fused-ring (bicyclic) bond motifs is 1. The number of amides is 2. The summed E-state index contributed by atoms with van der Waals surface area (Å²) in [6.07, 6.45) is 1.41. The average Bonchev–Trinajstić information content (AvgIpc) is 2.68. The number of ether oxygens (including phenoxy) is 3. The number of nitrogens with zero attached hydrogens (tertiary/aromatic N) is 1. The Morgan fingerprint density at radius 2 is 1.88 bits per heavy atom. The smallest absolute Gasteiger partial charge is 0.329 e. The van der Waals surface area contributed by atoms with E-state index in [0.29, 0.717) is 41.7 Å². The van der Waals surface area contributed by atoms with Crippen LogP contribution in [0.15, 0.2) is 47.6 Å². The topological polar surface area (TPSA) is 98.2 Å². The first-order chi connectivity index (χ1) is 12.7. The molecule has 8 nitrogen and oxygen atoms in total. The number of carbonyl (C=O) groups is 2. The lowest BCUT2D eigenvalue weighted by Gasteiger charge is -2.18. The molecule has 0 radical (unpaired) electrons. The Morgan fingerprint density at radius 1 is 1.08 bits per heavy atom. The zero-order valence-electron chi connectivity index (χ0n) is 14.0. The number of carbonyl (C=O) groups excluding carboxylic acids is 2. The van der Waals surface area contributed by atoms with Gasteiger partial charge in [-0.15, -0.1) is 0 Å². The molecule has 26 heavy (non-hydrogen) atoms. The van der Waals surface area contributed by atoms with Gasteiger partial charge in [0.15, 0.2) is 11.5 Å². The van der Waals surface area contributed by atoms with Crippen LogP contribution in [0.5, 0.6) is 17.2 Å². The van der Waals surface area contributed by atoms with Crippen LogP contribution in [0.3, 0.4) is 0 Å². The number of hydrazone groups is 1. The summed E-state index contributed by atoms with van der Waals surface area (Å²) in [4.78, 5) is 23.7. The summed E-state index contributed by atoms with van der Waals surface area (Å²) in [5.41, 5.74) is 3.32. The number of hydrogen-bond acceptors (Lipinski definition) is 6. The molecule has 0 aromatic heterocycles. The third-order valence-corrected chi connectivity index (χ3v) is 3.48. The monoisotopic (exact) mass is 355 g/mol.